The summed E-state index contributed by atoms with van der Waals surface area (Å²) in [6.45, 7) is 2.09. The minimum absolute atomic E-state index is 0.228. The molecule has 1 aromatic rings. The van der Waals surface area contributed by atoms with Gasteiger partial charge in [-0.2, -0.15) is 0 Å². The van der Waals surface area contributed by atoms with Crippen LogP contribution in [-0.4, -0.2) is 5.78 Å². The Kier molecular flexibility index (Phi) is 4.70. The third-order valence-corrected chi connectivity index (χ3v) is 2.04. The molecule has 1 heteroatoms. The van der Waals surface area contributed by atoms with Gasteiger partial charge in [0, 0.05) is 12.0 Å². The summed E-state index contributed by atoms with van der Waals surface area (Å²) in [7, 11) is 0. The molecule has 0 amide bonds. The van der Waals surface area contributed by atoms with Gasteiger partial charge in [0.25, 0.3) is 0 Å². The van der Waals surface area contributed by atoms with E-state index in [2.05, 4.69) is 19.1 Å². The third-order valence-electron chi connectivity index (χ3n) is 2.04. The van der Waals surface area contributed by atoms with Gasteiger partial charge in [0.15, 0.2) is 5.78 Å². The molecule has 74 valence electrons. The van der Waals surface area contributed by atoms with Crippen LogP contribution in [0.1, 0.15) is 36.5 Å². The topological polar surface area (TPSA) is 17.1 Å². The predicted octanol–water partition coefficient (Wildman–Crippen LogP) is 3.62. The second-order valence-electron chi connectivity index (χ2n) is 3.21. The fourth-order valence-electron chi connectivity index (χ4n) is 1.27. The summed E-state index contributed by atoms with van der Waals surface area (Å²) in [6.07, 6.45) is 6.67. The molecule has 0 N–H and O–H groups in total. The second-order valence-corrected chi connectivity index (χ2v) is 3.21. The fourth-order valence-corrected chi connectivity index (χ4v) is 1.27. The summed E-state index contributed by atoms with van der Waals surface area (Å²) in [5.74, 6) is 0.228. The molecule has 0 unspecified atom stereocenters. The molecule has 1 aromatic carbocycles. The van der Waals surface area contributed by atoms with Crippen LogP contribution >= 0.6 is 0 Å². The van der Waals surface area contributed by atoms with Crippen LogP contribution in [0.15, 0.2) is 42.5 Å². The van der Waals surface area contributed by atoms with Gasteiger partial charge in [-0.25, -0.2) is 0 Å². The van der Waals surface area contributed by atoms with Crippen molar-refractivity contribution in [1.82, 2.24) is 0 Å². The highest BCUT2D eigenvalue weighted by Crippen LogP contribution is 2.05. The van der Waals surface area contributed by atoms with Gasteiger partial charge in [-0.05, 0) is 12.8 Å². The van der Waals surface area contributed by atoms with E-state index in [9.17, 15) is 4.79 Å². The number of hydrogen-bond donors (Lipinski definition) is 0. The molecule has 0 aromatic heterocycles. The Morgan fingerprint density at radius 1 is 1.21 bits per heavy atom. The second kappa shape index (κ2) is 6.14. The molecule has 0 heterocycles. The number of Topliss-reactive ketones (excluding diaryl/α,β-unsaturated/α-hetero) is 1. The molecule has 0 aliphatic carbocycles. The van der Waals surface area contributed by atoms with Crippen molar-refractivity contribution in [2.24, 2.45) is 0 Å². The van der Waals surface area contributed by atoms with Crippen LogP contribution in [0.4, 0.5) is 0 Å². The SMILES string of the molecule is CC/C=C/CCC(=O)c1ccccc1. The van der Waals surface area contributed by atoms with Crippen LogP contribution in [0.5, 0.6) is 0 Å². The molecule has 14 heavy (non-hydrogen) atoms. The number of allylic oxidation sites excluding steroid dienone is 2. The zero-order valence-electron chi connectivity index (χ0n) is 8.57. The normalized spacial score (nSPS) is 10.6. The first-order chi connectivity index (χ1) is 6.84. The zero-order valence-corrected chi connectivity index (χ0v) is 8.57. The van der Waals surface area contributed by atoms with Crippen molar-refractivity contribution in [1.29, 1.82) is 0 Å². The smallest absolute Gasteiger partial charge is 0.163 e. The Morgan fingerprint density at radius 3 is 2.57 bits per heavy atom. The lowest BCUT2D eigenvalue weighted by Gasteiger charge is -1.97. The Hall–Kier alpha value is -1.37. The number of hydrogen-bond acceptors (Lipinski definition) is 1. The van der Waals surface area contributed by atoms with Gasteiger partial charge in [0.2, 0.25) is 0 Å². The minimum atomic E-state index is 0.228. The molecule has 0 spiro atoms. The van der Waals surface area contributed by atoms with Gasteiger partial charge in [-0.3, -0.25) is 4.79 Å². The van der Waals surface area contributed by atoms with E-state index in [1.165, 1.54) is 0 Å². The Labute approximate surface area is 85.5 Å². The number of rotatable bonds is 5. The van der Waals surface area contributed by atoms with Crippen molar-refractivity contribution in [2.75, 3.05) is 0 Å². The Morgan fingerprint density at radius 2 is 1.93 bits per heavy atom. The summed E-state index contributed by atoms with van der Waals surface area (Å²) in [4.78, 5) is 11.6. The Balaban J connectivity index is 2.40. The number of carbonyl (C=O) groups is 1. The number of ketones is 1. The Bertz CT molecular complexity index is 298. The van der Waals surface area contributed by atoms with Crippen molar-refractivity contribution in [3.8, 4) is 0 Å². The number of benzene rings is 1. The van der Waals surface area contributed by atoms with E-state index in [1.807, 2.05) is 30.3 Å². The van der Waals surface area contributed by atoms with Gasteiger partial charge in [0.1, 0.15) is 0 Å². The fraction of sp³-hybridized carbons (Fsp3) is 0.308. The van der Waals surface area contributed by atoms with Crippen molar-refractivity contribution < 1.29 is 4.79 Å². The van der Waals surface area contributed by atoms with Crippen molar-refractivity contribution in [3.05, 3.63) is 48.0 Å². The van der Waals surface area contributed by atoms with Crippen LogP contribution in [0.2, 0.25) is 0 Å². The lowest BCUT2D eigenvalue weighted by molar-refractivity contribution is 0.0983. The highest BCUT2D eigenvalue weighted by molar-refractivity contribution is 5.96. The highest BCUT2D eigenvalue weighted by Gasteiger charge is 2.01. The van der Waals surface area contributed by atoms with E-state index in [0.29, 0.717) is 6.42 Å². The van der Waals surface area contributed by atoms with Gasteiger partial charge in [-0.15, -0.1) is 0 Å². The van der Waals surface area contributed by atoms with E-state index in [4.69, 9.17) is 0 Å². The van der Waals surface area contributed by atoms with Crippen LogP contribution in [-0.2, 0) is 0 Å². The maximum absolute atomic E-state index is 11.6. The molecule has 0 bridgehead atoms. The van der Waals surface area contributed by atoms with Crippen LogP contribution in [0.3, 0.4) is 0 Å². The van der Waals surface area contributed by atoms with Crippen LogP contribution < -0.4 is 0 Å². The van der Waals surface area contributed by atoms with Crippen LogP contribution in [0.25, 0.3) is 0 Å². The van der Waals surface area contributed by atoms with Crippen LogP contribution in [0, 0.1) is 0 Å². The molecule has 1 nitrogen and oxygen atoms in total. The first-order valence-electron chi connectivity index (χ1n) is 5.08. The van der Waals surface area contributed by atoms with Gasteiger partial charge in [-0.1, -0.05) is 49.4 Å². The standard InChI is InChI=1S/C13H16O/c1-2-3-4-8-11-13(14)12-9-6-5-7-10-12/h3-7,9-10H,2,8,11H2,1H3/b4-3+. The monoisotopic (exact) mass is 188 g/mol. The first-order valence-corrected chi connectivity index (χ1v) is 5.08. The lowest BCUT2D eigenvalue weighted by atomic mass is 10.1. The van der Waals surface area contributed by atoms with E-state index in [-0.39, 0.29) is 5.78 Å². The molecule has 0 saturated heterocycles. The summed E-state index contributed by atoms with van der Waals surface area (Å²) < 4.78 is 0. The largest absolute Gasteiger partial charge is 0.294 e. The van der Waals surface area contributed by atoms with Gasteiger partial charge >= 0.3 is 0 Å². The molecule has 0 atom stereocenters. The molecular formula is C13H16O. The highest BCUT2D eigenvalue weighted by atomic mass is 16.1. The van der Waals surface area contributed by atoms with E-state index >= 15 is 0 Å². The van der Waals surface area contributed by atoms with E-state index in [0.717, 1.165) is 18.4 Å². The average molecular weight is 188 g/mol. The molecule has 0 aliphatic heterocycles. The third kappa shape index (κ3) is 3.56. The van der Waals surface area contributed by atoms with Gasteiger partial charge in [0.05, 0.1) is 0 Å². The van der Waals surface area contributed by atoms with Gasteiger partial charge < -0.3 is 0 Å². The molecule has 0 saturated carbocycles. The summed E-state index contributed by atoms with van der Waals surface area (Å²) in [5.41, 5.74) is 0.817. The van der Waals surface area contributed by atoms with Crippen molar-refractivity contribution in [3.63, 3.8) is 0 Å². The molecule has 1 rings (SSSR count). The van der Waals surface area contributed by atoms with Crippen molar-refractivity contribution in [2.45, 2.75) is 26.2 Å². The minimum Gasteiger partial charge on any atom is -0.294 e. The average Bonchev–Trinajstić information content (AvgIpc) is 2.25. The maximum atomic E-state index is 11.6. The van der Waals surface area contributed by atoms with Crippen molar-refractivity contribution >= 4 is 5.78 Å². The maximum Gasteiger partial charge on any atom is 0.163 e. The number of carbonyl (C=O) groups excluding carboxylic acids is 1. The van der Waals surface area contributed by atoms with E-state index in [1.54, 1.807) is 0 Å². The molecule has 0 fully saturated rings. The molecule has 0 radical (unpaired) electrons. The quantitative estimate of drug-likeness (QED) is 0.509. The summed E-state index contributed by atoms with van der Waals surface area (Å²) in [6, 6.07) is 9.45. The molecular weight excluding hydrogens is 172 g/mol. The van der Waals surface area contributed by atoms with E-state index < -0.39 is 0 Å². The summed E-state index contributed by atoms with van der Waals surface area (Å²) >= 11 is 0. The molecule has 0 aliphatic rings. The summed E-state index contributed by atoms with van der Waals surface area (Å²) in [5, 5.41) is 0. The lowest BCUT2D eigenvalue weighted by Crippen LogP contribution is -1.96. The predicted molar refractivity (Wildman–Crippen MR) is 59.4 cm³/mol. The first kappa shape index (κ1) is 10.7. The zero-order chi connectivity index (χ0) is 10.2.